The van der Waals surface area contributed by atoms with Gasteiger partial charge >= 0.3 is 6.03 Å². The standard InChI is InChI=1S/C18H27N5OS/c1-11-10-16(23(21-11)15-8-6-7-9-15)20-18(24)22(5)12(2)17-13(3)25-14(4)19-17/h10,12,15H,6-9H2,1-5H3,(H,20,24)/t12-/m0/s1. The smallest absolute Gasteiger partial charge is 0.319 e. The minimum Gasteiger partial charge on any atom is -0.319 e. The van der Waals surface area contributed by atoms with Gasteiger partial charge in [-0.05, 0) is 40.5 Å². The van der Waals surface area contributed by atoms with E-state index in [0.29, 0.717) is 6.04 Å². The molecular weight excluding hydrogens is 334 g/mol. The van der Waals surface area contributed by atoms with E-state index in [1.165, 1.54) is 12.8 Å². The quantitative estimate of drug-likeness (QED) is 0.865. The summed E-state index contributed by atoms with van der Waals surface area (Å²) < 4.78 is 2.00. The average Bonchev–Trinajstić information content (AvgIpc) is 3.26. The number of hydrogen-bond acceptors (Lipinski definition) is 4. The lowest BCUT2D eigenvalue weighted by Gasteiger charge is -2.25. The zero-order valence-electron chi connectivity index (χ0n) is 15.7. The van der Waals surface area contributed by atoms with Crippen molar-refractivity contribution in [1.82, 2.24) is 19.7 Å². The third kappa shape index (κ3) is 3.71. The highest BCUT2D eigenvalue weighted by molar-refractivity contribution is 7.11. The Hall–Kier alpha value is -1.89. The zero-order chi connectivity index (χ0) is 18.1. The largest absolute Gasteiger partial charge is 0.323 e. The maximum absolute atomic E-state index is 12.8. The van der Waals surface area contributed by atoms with Crippen LogP contribution in [0.1, 0.15) is 66.0 Å². The van der Waals surface area contributed by atoms with E-state index in [-0.39, 0.29) is 12.1 Å². The monoisotopic (exact) mass is 361 g/mol. The first-order chi connectivity index (χ1) is 11.9. The molecule has 6 nitrogen and oxygen atoms in total. The molecule has 0 spiro atoms. The Morgan fingerprint density at radius 2 is 2.04 bits per heavy atom. The van der Waals surface area contributed by atoms with Crippen LogP contribution in [0.2, 0.25) is 0 Å². The fraction of sp³-hybridized carbons (Fsp3) is 0.611. The molecule has 3 rings (SSSR count). The number of rotatable bonds is 4. The molecule has 1 atom stereocenters. The summed E-state index contributed by atoms with van der Waals surface area (Å²) in [5.41, 5.74) is 1.91. The second kappa shape index (κ2) is 7.15. The van der Waals surface area contributed by atoms with Crippen molar-refractivity contribution in [2.75, 3.05) is 12.4 Å². The summed E-state index contributed by atoms with van der Waals surface area (Å²) in [6.45, 7) is 8.03. The van der Waals surface area contributed by atoms with Crippen LogP contribution < -0.4 is 5.32 Å². The highest BCUT2D eigenvalue weighted by atomic mass is 32.1. The van der Waals surface area contributed by atoms with Crippen LogP contribution in [0.25, 0.3) is 0 Å². The Morgan fingerprint density at radius 3 is 2.64 bits per heavy atom. The van der Waals surface area contributed by atoms with E-state index in [4.69, 9.17) is 0 Å². The van der Waals surface area contributed by atoms with E-state index in [2.05, 4.69) is 22.3 Å². The molecule has 1 saturated carbocycles. The van der Waals surface area contributed by atoms with E-state index < -0.39 is 0 Å². The molecule has 0 aromatic carbocycles. The van der Waals surface area contributed by atoms with Crippen molar-refractivity contribution in [2.45, 2.75) is 65.5 Å². The van der Waals surface area contributed by atoms with Crippen LogP contribution in [0.15, 0.2) is 6.07 Å². The Labute approximate surface area is 153 Å². The molecule has 0 radical (unpaired) electrons. The number of aromatic nitrogens is 3. The lowest BCUT2D eigenvalue weighted by Crippen LogP contribution is -2.34. The van der Waals surface area contributed by atoms with Crippen LogP contribution in [-0.4, -0.2) is 32.7 Å². The van der Waals surface area contributed by atoms with Crippen LogP contribution in [-0.2, 0) is 0 Å². The van der Waals surface area contributed by atoms with Crippen LogP contribution in [0, 0.1) is 20.8 Å². The number of amides is 2. The van der Waals surface area contributed by atoms with Gasteiger partial charge < -0.3 is 4.90 Å². The molecule has 2 heterocycles. The molecule has 0 aliphatic heterocycles. The van der Waals surface area contributed by atoms with E-state index >= 15 is 0 Å². The molecule has 1 fully saturated rings. The summed E-state index contributed by atoms with van der Waals surface area (Å²) in [6.07, 6.45) is 4.73. The number of thiazole rings is 1. The lowest BCUT2D eigenvalue weighted by molar-refractivity contribution is 0.207. The van der Waals surface area contributed by atoms with Crippen molar-refractivity contribution in [3.05, 3.63) is 27.3 Å². The van der Waals surface area contributed by atoms with Crippen molar-refractivity contribution >= 4 is 23.2 Å². The first kappa shape index (κ1) is 17.9. The first-order valence-corrected chi connectivity index (χ1v) is 9.72. The van der Waals surface area contributed by atoms with Crippen LogP contribution in [0.5, 0.6) is 0 Å². The number of carbonyl (C=O) groups excluding carboxylic acids is 1. The van der Waals surface area contributed by atoms with Crippen molar-refractivity contribution < 1.29 is 4.79 Å². The molecule has 0 bridgehead atoms. The number of anilines is 1. The van der Waals surface area contributed by atoms with Crippen molar-refractivity contribution in [3.63, 3.8) is 0 Å². The number of urea groups is 1. The highest BCUT2D eigenvalue weighted by Crippen LogP contribution is 2.32. The molecule has 0 unspecified atom stereocenters. The van der Waals surface area contributed by atoms with Gasteiger partial charge in [-0.15, -0.1) is 11.3 Å². The molecule has 2 aromatic rings. The molecule has 1 aliphatic rings. The summed E-state index contributed by atoms with van der Waals surface area (Å²) >= 11 is 1.67. The maximum Gasteiger partial charge on any atom is 0.323 e. The molecule has 1 aliphatic carbocycles. The summed E-state index contributed by atoms with van der Waals surface area (Å²) in [5.74, 6) is 0.791. The summed E-state index contributed by atoms with van der Waals surface area (Å²) in [6, 6.07) is 2.15. The molecule has 1 N–H and O–H groups in total. The Morgan fingerprint density at radius 1 is 1.36 bits per heavy atom. The van der Waals surface area contributed by atoms with E-state index in [9.17, 15) is 4.79 Å². The predicted molar refractivity (Wildman–Crippen MR) is 101 cm³/mol. The van der Waals surface area contributed by atoms with E-state index in [1.54, 1.807) is 16.2 Å². The highest BCUT2D eigenvalue weighted by Gasteiger charge is 2.25. The molecular formula is C18H27N5OS. The fourth-order valence-electron chi connectivity index (χ4n) is 3.53. The Bertz CT molecular complexity index is 760. The summed E-state index contributed by atoms with van der Waals surface area (Å²) in [7, 11) is 1.82. The normalized spacial score (nSPS) is 16.2. The Balaban J connectivity index is 1.74. The van der Waals surface area contributed by atoms with Crippen LogP contribution >= 0.6 is 11.3 Å². The van der Waals surface area contributed by atoms with Gasteiger partial charge in [-0.1, -0.05) is 12.8 Å². The SMILES string of the molecule is Cc1cc(NC(=O)N(C)[C@@H](C)c2nc(C)sc2C)n(C2CCCC2)n1. The number of hydrogen-bond donors (Lipinski definition) is 1. The van der Waals surface area contributed by atoms with Crippen molar-refractivity contribution in [3.8, 4) is 0 Å². The average molecular weight is 362 g/mol. The van der Waals surface area contributed by atoms with E-state index in [1.807, 2.05) is 38.6 Å². The van der Waals surface area contributed by atoms with Gasteiger partial charge in [0.1, 0.15) is 5.82 Å². The molecule has 25 heavy (non-hydrogen) atoms. The third-order valence-corrected chi connectivity index (χ3v) is 5.90. The number of aryl methyl sites for hydroxylation is 3. The molecule has 2 amide bonds. The van der Waals surface area contributed by atoms with Gasteiger partial charge in [0.05, 0.1) is 28.5 Å². The van der Waals surface area contributed by atoms with Gasteiger partial charge in [-0.3, -0.25) is 5.32 Å². The third-order valence-electron chi connectivity index (χ3n) is 5.00. The second-order valence-corrected chi connectivity index (χ2v) is 8.35. The van der Waals surface area contributed by atoms with Gasteiger partial charge in [0.25, 0.3) is 0 Å². The van der Waals surface area contributed by atoms with Crippen LogP contribution in [0.3, 0.4) is 0 Å². The van der Waals surface area contributed by atoms with Gasteiger partial charge in [0, 0.05) is 18.0 Å². The first-order valence-electron chi connectivity index (χ1n) is 8.90. The number of carbonyl (C=O) groups is 1. The zero-order valence-corrected chi connectivity index (χ0v) is 16.5. The van der Waals surface area contributed by atoms with Crippen molar-refractivity contribution in [1.29, 1.82) is 0 Å². The summed E-state index contributed by atoms with van der Waals surface area (Å²) in [5, 5.41) is 8.68. The molecule has 136 valence electrons. The molecule has 2 aromatic heterocycles. The minimum absolute atomic E-state index is 0.0751. The van der Waals surface area contributed by atoms with Gasteiger partial charge in [0.15, 0.2) is 0 Å². The van der Waals surface area contributed by atoms with Gasteiger partial charge in [-0.2, -0.15) is 5.10 Å². The number of nitrogens with one attached hydrogen (secondary N) is 1. The molecule has 0 saturated heterocycles. The molecule has 7 heteroatoms. The van der Waals surface area contributed by atoms with Crippen molar-refractivity contribution in [2.24, 2.45) is 0 Å². The van der Waals surface area contributed by atoms with E-state index in [0.717, 1.165) is 39.9 Å². The van der Waals surface area contributed by atoms with Gasteiger partial charge in [-0.25, -0.2) is 14.5 Å². The number of nitrogens with zero attached hydrogens (tertiary/aromatic N) is 4. The lowest BCUT2D eigenvalue weighted by atomic mass is 10.2. The summed E-state index contributed by atoms with van der Waals surface area (Å²) in [4.78, 5) is 20.2. The second-order valence-electron chi connectivity index (χ2n) is 6.95. The van der Waals surface area contributed by atoms with Gasteiger partial charge in [0.2, 0.25) is 0 Å². The fourth-order valence-corrected chi connectivity index (χ4v) is 4.43. The van der Waals surface area contributed by atoms with Crippen LogP contribution in [0.4, 0.5) is 10.6 Å². The Kier molecular flexibility index (Phi) is 5.13. The predicted octanol–water partition coefficient (Wildman–Crippen LogP) is 4.60. The maximum atomic E-state index is 12.8. The topological polar surface area (TPSA) is 63.1 Å². The minimum atomic E-state index is -0.128.